The molecule has 1 aliphatic rings. The van der Waals surface area contributed by atoms with Crippen LogP contribution in [0.2, 0.25) is 5.02 Å². The first-order valence-electron chi connectivity index (χ1n) is 7.71. The van der Waals surface area contributed by atoms with Gasteiger partial charge in [-0.2, -0.15) is 5.10 Å². The number of ether oxygens (including phenoxy) is 2. The molecule has 25 heavy (non-hydrogen) atoms. The molecule has 0 saturated carbocycles. The van der Waals surface area contributed by atoms with E-state index in [0.29, 0.717) is 10.6 Å². The van der Waals surface area contributed by atoms with Gasteiger partial charge in [-0.25, -0.2) is 14.5 Å². The lowest BCUT2D eigenvalue weighted by Crippen LogP contribution is -2.37. The molecule has 0 spiro atoms. The van der Waals surface area contributed by atoms with Crippen molar-refractivity contribution in [3.05, 3.63) is 83.4 Å². The number of rotatable bonds is 4. The van der Waals surface area contributed by atoms with Crippen LogP contribution in [0, 0.1) is 0 Å². The number of cyclic esters (lactones) is 2. The number of hydrogen-bond acceptors (Lipinski definition) is 5. The van der Waals surface area contributed by atoms with Gasteiger partial charge in [0, 0.05) is 10.6 Å². The predicted octanol–water partition coefficient (Wildman–Crippen LogP) is 3.74. The van der Waals surface area contributed by atoms with E-state index >= 15 is 0 Å². The summed E-state index contributed by atoms with van der Waals surface area (Å²) >= 11 is 6.44. The lowest BCUT2D eigenvalue weighted by molar-refractivity contribution is 0.00364. The van der Waals surface area contributed by atoms with Gasteiger partial charge in [0.05, 0.1) is 6.54 Å². The topological polar surface area (TPSA) is 66.2 Å². The van der Waals surface area contributed by atoms with Crippen molar-refractivity contribution in [2.24, 2.45) is 0 Å². The van der Waals surface area contributed by atoms with Gasteiger partial charge in [-0.3, -0.25) is 0 Å². The summed E-state index contributed by atoms with van der Waals surface area (Å²) in [5, 5.41) is 4.64. The van der Waals surface area contributed by atoms with Gasteiger partial charge in [0.2, 0.25) is 5.60 Å². The Morgan fingerprint density at radius 3 is 2.60 bits per heavy atom. The quantitative estimate of drug-likeness (QED) is 0.667. The molecule has 4 rings (SSSR count). The number of carbonyl (C=O) groups is 1. The van der Waals surface area contributed by atoms with E-state index in [9.17, 15) is 4.79 Å². The van der Waals surface area contributed by atoms with E-state index in [4.69, 9.17) is 21.1 Å². The van der Waals surface area contributed by atoms with Crippen molar-refractivity contribution in [3.8, 4) is 0 Å². The molecule has 7 heteroatoms. The molecule has 0 radical (unpaired) electrons. The monoisotopic (exact) mass is 355 g/mol. The highest BCUT2D eigenvalue weighted by Gasteiger charge is 2.55. The Hall–Kier alpha value is -2.86. The van der Waals surface area contributed by atoms with E-state index in [2.05, 4.69) is 10.1 Å². The molecule has 2 heterocycles. The average Bonchev–Trinajstić information content (AvgIpc) is 3.24. The fourth-order valence-electron chi connectivity index (χ4n) is 3.14. The Balaban J connectivity index is 1.89. The molecule has 6 nitrogen and oxygen atoms in total. The molecular formula is C18H14ClN3O3. The molecule has 1 fully saturated rings. The van der Waals surface area contributed by atoms with E-state index in [1.54, 1.807) is 17.1 Å². The molecule has 0 N–H and O–H groups in total. The molecule has 2 atom stereocenters. The van der Waals surface area contributed by atoms with Crippen molar-refractivity contribution in [3.63, 3.8) is 0 Å². The standard InChI is InChI=1S/C18H14ClN3O3/c19-15-9-5-4-8-14(15)18(10-22-12-20-11-21-22)16(24-17(23)25-18)13-6-2-1-3-7-13/h1-9,11-12,16H,10H2/t16-,18-/m1/s1. The van der Waals surface area contributed by atoms with Gasteiger partial charge >= 0.3 is 6.16 Å². The van der Waals surface area contributed by atoms with Crippen LogP contribution >= 0.6 is 11.6 Å². The lowest BCUT2D eigenvalue weighted by atomic mass is 9.84. The van der Waals surface area contributed by atoms with Gasteiger partial charge in [-0.15, -0.1) is 0 Å². The zero-order valence-electron chi connectivity index (χ0n) is 13.1. The molecule has 0 aliphatic carbocycles. The first-order chi connectivity index (χ1) is 12.2. The minimum atomic E-state index is -1.15. The maximum Gasteiger partial charge on any atom is 0.510 e. The SMILES string of the molecule is O=C1O[C@H](c2ccccc2)[C@@](Cn2cncn2)(c2ccccc2Cl)O1. The number of hydrogen-bond donors (Lipinski definition) is 0. The molecule has 0 unspecified atom stereocenters. The van der Waals surface area contributed by atoms with Crippen LogP contribution in [0.25, 0.3) is 0 Å². The van der Waals surface area contributed by atoms with Gasteiger partial charge in [-0.05, 0) is 11.6 Å². The van der Waals surface area contributed by atoms with E-state index in [1.807, 2.05) is 48.5 Å². The van der Waals surface area contributed by atoms with Crippen LogP contribution in [-0.4, -0.2) is 20.9 Å². The number of nitrogens with zero attached hydrogens (tertiary/aromatic N) is 3. The molecule has 0 bridgehead atoms. The zero-order chi connectivity index (χ0) is 17.3. The zero-order valence-corrected chi connectivity index (χ0v) is 13.8. The summed E-state index contributed by atoms with van der Waals surface area (Å²) in [7, 11) is 0. The van der Waals surface area contributed by atoms with Crippen molar-refractivity contribution in [1.82, 2.24) is 14.8 Å². The van der Waals surface area contributed by atoms with Crippen LogP contribution in [0.15, 0.2) is 67.3 Å². The first-order valence-corrected chi connectivity index (χ1v) is 8.09. The highest BCUT2D eigenvalue weighted by molar-refractivity contribution is 6.31. The summed E-state index contributed by atoms with van der Waals surface area (Å²) in [6.45, 7) is 0.224. The predicted molar refractivity (Wildman–Crippen MR) is 89.9 cm³/mol. The van der Waals surface area contributed by atoms with Crippen LogP contribution < -0.4 is 0 Å². The second-order valence-corrected chi connectivity index (χ2v) is 6.13. The molecule has 2 aromatic carbocycles. The Morgan fingerprint density at radius 2 is 1.88 bits per heavy atom. The van der Waals surface area contributed by atoms with Crippen molar-refractivity contribution >= 4 is 17.8 Å². The number of carbonyl (C=O) groups excluding carboxylic acids is 1. The van der Waals surface area contributed by atoms with Crippen LogP contribution in [0.4, 0.5) is 4.79 Å². The summed E-state index contributed by atoms with van der Waals surface area (Å²) in [4.78, 5) is 16.1. The summed E-state index contributed by atoms with van der Waals surface area (Å²) in [6, 6.07) is 16.7. The Bertz CT molecular complexity index is 886. The highest BCUT2D eigenvalue weighted by Crippen LogP contribution is 2.49. The second kappa shape index (κ2) is 6.22. The van der Waals surface area contributed by atoms with Crippen LogP contribution in [-0.2, 0) is 21.6 Å². The van der Waals surface area contributed by atoms with Crippen LogP contribution in [0.3, 0.4) is 0 Å². The maximum absolute atomic E-state index is 12.1. The molecule has 1 saturated heterocycles. The third-order valence-corrected chi connectivity index (χ3v) is 4.53. The molecule has 126 valence electrons. The van der Waals surface area contributed by atoms with Crippen molar-refractivity contribution < 1.29 is 14.3 Å². The van der Waals surface area contributed by atoms with E-state index in [-0.39, 0.29) is 6.54 Å². The Labute approximate surface area is 149 Å². The van der Waals surface area contributed by atoms with Gasteiger partial charge in [0.25, 0.3) is 0 Å². The van der Waals surface area contributed by atoms with E-state index in [0.717, 1.165) is 5.56 Å². The first kappa shape index (κ1) is 15.7. The third kappa shape index (κ3) is 2.74. The van der Waals surface area contributed by atoms with Crippen molar-refractivity contribution in [2.75, 3.05) is 0 Å². The molecular weight excluding hydrogens is 342 g/mol. The van der Waals surface area contributed by atoms with E-state index in [1.165, 1.54) is 6.33 Å². The van der Waals surface area contributed by atoms with E-state index < -0.39 is 17.9 Å². The second-order valence-electron chi connectivity index (χ2n) is 5.72. The van der Waals surface area contributed by atoms with Gasteiger partial charge in [-0.1, -0.05) is 60.1 Å². The summed E-state index contributed by atoms with van der Waals surface area (Å²) < 4.78 is 12.9. The van der Waals surface area contributed by atoms with Gasteiger partial charge in [0.1, 0.15) is 12.7 Å². The van der Waals surface area contributed by atoms with Gasteiger partial charge in [0.15, 0.2) is 6.10 Å². The highest BCUT2D eigenvalue weighted by atomic mass is 35.5. The van der Waals surface area contributed by atoms with Gasteiger partial charge < -0.3 is 9.47 Å². The van der Waals surface area contributed by atoms with Crippen LogP contribution in [0.5, 0.6) is 0 Å². The maximum atomic E-state index is 12.1. The smallest absolute Gasteiger partial charge is 0.421 e. The number of halogens is 1. The van der Waals surface area contributed by atoms with Crippen molar-refractivity contribution in [1.29, 1.82) is 0 Å². The largest absolute Gasteiger partial charge is 0.510 e. The summed E-state index contributed by atoms with van der Waals surface area (Å²) in [6.07, 6.45) is 1.58. The average molecular weight is 356 g/mol. The fraction of sp³-hybridized carbons (Fsp3) is 0.167. The molecule has 1 aliphatic heterocycles. The number of aromatic nitrogens is 3. The minimum Gasteiger partial charge on any atom is -0.421 e. The molecule has 3 aromatic rings. The van der Waals surface area contributed by atoms with Crippen LogP contribution in [0.1, 0.15) is 17.2 Å². The normalized spacial score (nSPS) is 22.4. The lowest BCUT2D eigenvalue weighted by Gasteiger charge is -2.32. The van der Waals surface area contributed by atoms with Crippen molar-refractivity contribution in [2.45, 2.75) is 18.2 Å². The summed E-state index contributed by atoms with van der Waals surface area (Å²) in [5.74, 6) is 0. The Morgan fingerprint density at radius 1 is 1.12 bits per heavy atom. The number of benzene rings is 2. The summed E-state index contributed by atoms with van der Waals surface area (Å²) in [5.41, 5.74) is 0.324. The Kier molecular flexibility index (Phi) is 3.89. The third-order valence-electron chi connectivity index (χ3n) is 4.20. The molecule has 1 aromatic heterocycles. The minimum absolute atomic E-state index is 0.224. The molecule has 0 amide bonds. The fourth-order valence-corrected chi connectivity index (χ4v) is 3.43.